The maximum absolute atomic E-state index is 10.5. The molecular formula is C14H14BrClO3. The molecule has 0 saturated heterocycles. The third kappa shape index (κ3) is 2.66. The Morgan fingerprint density at radius 2 is 2.05 bits per heavy atom. The van der Waals surface area contributed by atoms with E-state index in [1.165, 1.54) is 0 Å². The lowest BCUT2D eigenvalue weighted by molar-refractivity contribution is 0.184. The van der Waals surface area contributed by atoms with Crippen molar-refractivity contribution in [3.05, 3.63) is 50.3 Å². The molecule has 5 heteroatoms. The largest absolute Gasteiger partial charge is 0.496 e. The molecule has 0 fully saturated rings. The molecule has 1 N–H and O–H groups in total. The van der Waals surface area contributed by atoms with E-state index in [0.29, 0.717) is 17.1 Å². The number of benzene rings is 1. The summed E-state index contributed by atoms with van der Waals surface area (Å²) in [6.45, 7) is 3.84. The Labute approximate surface area is 125 Å². The average Bonchev–Trinajstić information content (AvgIpc) is 2.79. The molecule has 0 aliphatic heterocycles. The van der Waals surface area contributed by atoms with Gasteiger partial charge in [-0.3, -0.25) is 0 Å². The van der Waals surface area contributed by atoms with Crippen molar-refractivity contribution in [2.45, 2.75) is 20.0 Å². The van der Waals surface area contributed by atoms with Gasteiger partial charge in [-0.05, 0) is 54.8 Å². The van der Waals surface area contributed by atoms with Crippen molar-refractivity contribution < 1.29 is 14.3 Å². The second kappa shape index (κ2) is 5.57. The van der Waals surface area contributed by atoms with Gasteiger partial charge < -0.3 is 14.3 Å². The molecule has 0 radical (unpaired) electrons. The Balaban J connectivity index is 2.60. The maximum atomic E-state index is 10.5. The summed E-state index contributed by atoms with van der Waals surface area (Å²) < 4.78 is 11.6. The first kappa shape index (κ1) is 14.4. The second-order valence-corrected chi connectivity index (χ2v) is 5.52. The van der Waals surface area contributed by atoms with E-state index in [9.17, 15) is 5.11 Å². The molecule has 102 valence electrons. The first-order valence-corrected chi connectivity index (χ1v) is 6.89. The van der Waals surface area contributed by atoms with Gasteiger partial charge >= 0.3 is 0 Å². The summed E-state index contributed by atoms with van der Waals surface area (Å²) in [5, 5.41) is 10.7. The normalized spacial score (nSPS) is 12.5. The van der Waals surface area contributed by atoms with E-state index in [1.54, 1.807) is 19.2 Å². The number of rotatable bonds is 3. The Morgan fingerprint density at radius 1 is 1.37 bits per heavy atom. The molecule has 1 heterocycles. The molecule has 1 aromatic carbocycles. The van der Waals surface area contributed by atoms with Crippen LogP contribution in [0.5, 0.6) is 5.75 Å². The van der Waals surface area contributed by atoms with Crippen LogP contribution < -0.4 is 4.74 Å². The third-order valence-corrected chi connectivity index (χ3v) is 4.08. The molecule has 2 aromatic rings. The number of aliphatic hydroxyl groups excluding tert-OH is 1. The maximum Gasteiger partial charge on any atom is 0.193 e. The molecule has 1 unspecified atom stereocenters. The Bertz CT molecular complexity index is 607. The van der Waals surface area contributed by atoms with Crippen LogP contribution in [0.25, 0.3) is 0 Å². The highest BCUT2D eigenvalue weighted by molar-refractivity contribution is 9.10. The lowest BCUT2D eigenvalue weighted by Gasteiger charge is -2.19. The molecule has 19 heavy (non-hydrogen) atoms. The monoisotopic (exact) mass is 344 g/mol. The van der Waals surface area contributed by atoms with Crippen LogP contribution in [-0.2, 0) is 0 Å². The fraction of sp³-hybridized carbons (Fsp3) is 0.286. The van der Waals surface area contributed by atoms with Gasteiger partial charge in [0.1, 0.15) is 17.6 Å². The average molecular weight is 346 g/mol. The van der Waals surface area contributed by atoms with Gasteiger partial charge in [-0.1, -0.05) is 15.9 Å². The summed E-state index contributed by atoms with van der Waals surface area (Å²) in [4.78, 5) is 0. The quantitative estimate of drug-likeness (QED) is 0.896. The van der Waals surface area contributed by atoms with Crippen molar-refractivity contribution in [3.8, 4) is 5.75 Å². The van der Waals surface area contributed by atoms with Crippen LogP contribution in [0, 0.1) is 13.8 Å². The van der Waals surface area contributed by atoms with Gasteiger partial charge in [-0.15, -0.1) is 0 Å². The highest BCUT2D eigenvalue weighted by atomic mass is 79.9. The first-order valence-electron chi connectivity index (χ1n) is 5.72. The summed E-state index contributed by atoms with van der Waals surface area (Å²) in [6.07, 6.45) is -0.918. The Morgan fingerprint density at radius 3 is 2.58 bits per heavy atom. The number of furan rings is 1. The zero-order valence-corrected chi connectivity index (χ0v) is 13.2. The lowest BCUT2D eigenvalue weighted by Crippen LogP contribution is -2.06. The molecule has 3 nitrogen and oxygen atoms in total. The Kier molecular flexibility index (Phi) is 4.23. The van der Waals surface area contributed by atoms with Gasteiger partial charge in [0, 0.05) is 10.0 Å². The first-order chi connectivity index (χ1) is 8.95. The zero-order chi connectivity index (χ0) is 14.2. The lowest BCUT2D eigenvalue weighted by atomic mass is 9.97. The SMILES string of the molecule is COc1c(C)cc(Br)c(C)c1C(O)c1ccc(Cl)o1. The number of methoxy groups -OCH3 is 1. The minimum absolute atomic E-state index is 0.248. The second-order valence-electron chi connectivity index (χ2n) is 4.29. The summed E-state index contributed by atoms with van der Waals surface area (Å²) in [5.74, 6) is 1.05. The van der Waals surface area contributed by atoms with E-state index >= 15 is 0 Å². The van der Waals surface area contributed by atoms with Gasteiger partial charge in [0.2, 0.25) is 0 Å². The van der Waals surface area contributed by atoms with Crippen LogP contribution in [0.4, 0.5) is 0 Å². The molecule has 1 atom stereocenters. The van der Waals surface area contributed by atoms with Crippen LogP contribution in [0.3, 0.4) is 0 Å². The third-order valence-electron chi connectivity index (χ3n) is 3.05. The number of aryl methyl sites for hydroxylation is 1. The van der Waals surface area contributed by atoms with E-state index in [1.807, 2.05) is 19.9 Å². The minimum Gasteiger partial charge on any atom is -0.496 e. The topological polar surface area (TPSA) is 42.6 Å². The fourth-order valence-corrected chi connectivity index (χ4v) is 2.80. The van der Waals surface area contributed by atoms with Crippen molar-refractivity contribution in [2.75, 3.05) is 7.11 Å². The zero-order valence-electron chi connectivity index (χ0n) is 10.8. The van der Waals surface area contributed by atoms with Crippen molar-refractivity contribution in [2.24, 2.45) is 0 Å². The van der Waals surface area contributed by atoms with Crippen LogP contribution in [0.1, 0.15) is 28.6 Å². The van der Waals surface area contributed by atoms with E-state index < -0.39 is 6.10 Å². The fourth-order valence-electron chi connectivity index (χ4n) is 2.09. The van der Waals surface area contributed by atoms with Gasteiger partial charge in [-0.2, -0.15) is 0 Å². The molecule has 0 bridgehead atoms. The standard InChI is InChI=1S/C14H14BrClO3/c1-7-6-9(15)8(2)12(14(7)18-3)13(17)10-4-5-11(16)19-10/h4-6,13,17H,1-3H3. The van der Waals surface area contributed by atoms with Crippen LogP contribution in [0.2, 0.25) is 5.22 Å². The predicted molar refractivity (Wildman–Crippen MR) is 77.9 cm³/mol. The highest BCUT2D eigenvalue weighted by Crippen LogP contribution is 2.39. The summed E-state index contributed by atoms with van der Waals surface area (Å²) in [5.41, 5.74) is 2.52. The number of hydrogen-bond donors (Lipinski definition) is 1. The van der Waals surface area contributed by atoms with E-state index in [2.05, 4.69) is 15.9 Å². The number of hydrogen-bond acceptors (Lipinski definition) is 3. The molecule has 0 spiro atoms. The van der Waals surface area contributed by atoms with E-state index in [4.69, 9.17) is 20.8 Å². The summed E-state index contributed by atoms with van der Waals surface area (Å²) in [6, 6.07) is 5.22. The summed E-state index contributed by atoms with van der Waals surface area (Å²) >= 11 is 9.23. The molecule has 0 aliphatic rings. The van der Waals surface area contributed by atoms with Crippen molar-refractivity contribution in [3.63, 3.8) is 0 Å². The minimum atomic E-state index is -0.918. The van der Waals surface area contributed by atoms with Gasteiger partial charge in [0.15, 0.2) is 5.22 Å². The van der Waals surface area contributed by atoms with Crippen molar-refractivity contribution in [1.29, 1.82) is 0 Å². The van der Waals surface area contributed by atoms with Crippen LogP contribution >= 0.6 is 27.5 Å². The van der Waals surface area contributed by atoms with Gasteiger partial charge in [0.05, 0.1) is 7.11 Å². The highest BCUT2D eigenvalue weighted by Gasteiger charge is 2.23. The molecule has 0 saturated carbocycles. The van der Waals surface area contributed by atoms with Crippen molar-refractivity contribution >= 4 is 27.5 Å². The smallest absolute Gasteiger partial charge is 0.193 e. The number of aliphatic hydroxyl groups is 1. The summed E-state index contributed by atoms with van der Waals surface area (Å²) in [7, 11) is 1.58. The van der Waals surface area contributed by atoms with Crippen molar-refractivity contribution in [1.82, 2.24) is 0 Å². The Hall–Kier alpha value is -0.970. The van der Waals surface area contributed by atoms with E-state index in [0.717, 1.165) is 15.6 Å². The van der Waals surface area contributed by atoms with Crippen LogP contribution in [-0.4, -0.2) is 12.2 Å². The van der Waals surface area contributed by atoms with Gasteiger partial charge in [0.25, 0.3) is 0 Å². The molecule has 0 aliphatic carbocycles. The number of halogens is 2. The molecular weight excluding hydrogens is 332 g/mol. The number of ether oxygens (including phenoxy) is 1. The molecule has 2 rings (SSSR count). The van der Waals surface area contributed by atoms with E-state index in [-0.39, 0.29) is 5.22 Å². The predicted octanol–water partition coefficient (Wildman–Crippen LogP) is 4.40. The van der Waals surface area contributed by atoms with Gasteiger partial charge in [-0.25, -0.2) is 0 Å². The molecule has 1 aromatic heterocycles. The molecule has 0 amide bonds. The van der Waals surface area contributed by atoms with Crippen LogP contribution in [0.15, 0.2) is 27.1 Å².